The van der Waals surface area contributed by atoms with Gasteiger partial charge < -0.3 is 5.11 Å². The largest absolute Gasteiger partial charge is 0.481 e. The van der Waals surface area contributed by atoms with Gasteiger partial charge in [-0.2, -0.15) is 0 Å². The first-order chi connectivity index (χ1) is 8.90. The van der Waals surface area contributed by atoms with Crippen molar-refractivity contribution in [2.24, 2.45) is 5.41 Å². The molecule has 1 aromatic heterocycles. The van der Waals surface area contributed by atoms with Gasteiger partial charge in [0.2, 0.25) is 0 Å². The maximum Gasteiger partial charge on any atom is 0.303 e. The molecule has 0 atom stereocenters. The lowest BCUT2D eigenvalue weighted by atomic mass is 10.1. The maximum atomic E-state index is 10.8. The molecule has 1 fully saturated rings. The summed E-state index contributed by atoms with van der Waals surface area (Å²) in [5, 5.41) is 9.88. The van der Waals surface area contributed by atoms with Crippen molar-refractivity contribution in [2.75, 3.05) is 5.75 Å². The van der Waals surface area contributed by atoms with Crippen molar-refractivity contribution in [3.8, 4) is 0 Å². The van der Waals surface area contributed by atoms with Crippen LogP contribution in [0.3, 0.4) is 0 Å². The second-order valence-electron chi connectivity index (χ2n) is 5.72. The molecule has 0 saturated heterocycles. The highest BCUT2D eigenvalue weighted by Gasteiger charge is 2.44. The fraction of sp³-hybridized carbons (Fsp3) is 0.643. The molecule has 1 N–H and O–H groups in total. The summed E-state index contributed by atoms with van der Waals surface area (Å²) in [6, 6.07) is 1.98. The Balaban J connectivity index is 2.02. The number of aliphatic carboxylic acids is 1. The molecule has 2 rings (SSSR count). The lowest BCUT2D eigenvalue weighted by molar-refractivity contribution is -0.138. The van der Waals surface area contributed by atoms with E-state index in [1.54, 1.807) is 11.8 Å². The Morgan fingerprint density at radius 1 is 1.47 bits per heavy atom. The fourth-order valence-electron chi connectivity index (χ4n) is 1.99. The number of carbonyl (C=O) groups is 1. The number of hydrogen-bond acceptors (Lipinski definition) is 4. The summed E-state index contributed by atoms with van der Waals surface area (Å²) in [5.74, 6) is 1.33. The van der Waals surface area contributed by atoms with Gasteiger partial charge in [-0.25, -0.2) is 9.97 Å². The first-order valence-electron chi connectivity index (χ1n) is 6.60. The topological polar surface area (TPSA) is 63.1 Å². The van der Waals surface area contributed by atoms with Gasteiger partial charge in [0.1, 0.15) is 5.82 Å². The fourth-order valence-corrected chi connectivity index (χ4v) is 3.25. The molecule has 0 spiro atoms. The summed E-state index contributed by atoms with van der Waals surface area (Å²) >= 11 is 1.66. The smallest absolute Gasteiger partial charge is 0.303 e. The van der Waals surface area contributed by atoms with Crippen LogP contribution in [0.1, 0.15) is 50.5 Å². The first-order valence-corrected chi connectivity index (χ1v) is 7.59. The minimum Gasteiger partial charge on any atom is -0.481 e. The Kier molecular flexibility index (Phi) is 4.13. The van der Waals surface area contributed by atoms with E-state index in [0.29, 0.717) is 5.92 Å². The Hall–Kier alpha value is -1.10. The van der Waals surface area contributed by atoms with E-state index in [2.05, 4.69) is 23.8 Å². The monoisotopic (exact) mass is 280 g/mol. The number of hydrogen-bond donors (Lipinski definition) is 1. The van der Waals surface area contributed by atoms with E-state index in [1.165, 1.54) is 0 Å². The highest BCUT2D eigenvalue weighted by atomic mass is 32.2. The van der Waals surface area contributed by atoms with Gasteiger partial charge in [-0.05, 0) is 31.2 Å². The predicted molar refractivity (Wildman–Crippen MR) is 75.5 cm³/mol. The molecule has 1 aromatic rings. The van der Waals surface area contributed by atoms with Crippen molar-refractivity contribution in [2.45, 2.75) is 51.0 Å². The highest BCUT2D eigenvalue weighted by molar-refractivity contribution is 7.99. The van der Waals surface area contributed by atoms with Crippen LogP contribution in [0, 0.1) is 12.3 Å². The van der Waals surface area contributed by atoms with E-state index in [0.717, 1.165) is 35.1 Å². The van der Waals surface area contributed by atoms with Crippen molar-refractivity contribution >= 4 is 17.7 Å². The molecule has 5 heteroatoms. The van der Waals surface area contributed by atoms with Gasteiger partial charge in [0.15, 0.2) is 0 Å². The quantitative estimate of drug-likeness (QED) is 0.640. The van der Waals surface area contributed by atoms with E-state index >= 15 is 0 Å². The lowest BCUT2D eigenvalue weighted by Crippen LogP contribution is -2.11. The first kappa shape index (κ1) is 14.3. The molecule has 19 heavy (non-hydrogen) atoms. The normalized spacial score (nSPS) is 16.6. The van der Waals surface area contributed by atoms with Crippen LogP contribution in [0.25, 0.3) is 0 Å². The highest BCUT2D eigenvalue weighted by Crippen LogP contribution is 2.51. The summed E-state index contributed by atoms with van der Waals surface area (Å²) in [7, 11) is 0. The minimum absolute atomic E-state index is 0.00729. The van der Waals surface area contributed by atoms with Crippen LogP contribution in [-0.2, 0) is 4.79 Å². The molecule has 1 saturated carbocycles. The molecule has 0 aromatic carbocycles. The van der Waals surface area contributed by atoms with Crippen molar-refractivity contribution in [3.63, 3.8) is 0 Å². The average Bonchev–Trinajstić information content (AvgIpc) is 3.05. The molecule has 4 nitrogen and oxygen atoms in total. The zero-order valence-electron chi connectivity index (χ0n) is 11.6. The Morgan fingerprint density at radius 2 is 2.16 bits per heavy atom. The lowest BCUT2D eigenvalue weighted by Gasteiger charge is -2.12. The summed E-state index contributed by atoms with van der Waals surface area (Å²) < 4.78 is 0. The summed E-state index contributed by atoms with van der Waals surface area (Å²) in [4.78, 5) is 19.8. The van der Waals surface area contributed by atoms with Gasteiger partial charge in [0.05, 0.1) is 11.4 Å². The number of aryl methyl sites for hydroxylation is 1. The van der Waals surface area contributed by atoms with Crippen molar-refractivity contribution in [1.82, 2.24) is 9.97 Å². The molecule has 0 amide bonds. The van der Waals surface area contributed by atoms with Crippen molar-refractivity contribution < 1.29 is 9.90 Å². The Bertz CT molecular complexity index is 484. The van der Waals surface area contributed by atoms with Crippen LogP contribution in [-0.4, -0.2) is 26.8 Å². The van der Waals surface area contributed by atoms with E-state index in [9.17, 15) is 4.79 Å². The van der Waals surface area contributed by atoms with E-state index in [-0.39, 0.29) is 11.8 Å². The van der Waals surface area contributed by atoms with Gasteiger partial charge >= 0.3 is 5.97 Å². The molecule has 0 unspecified atom stereocenters. The molecule has 0 radical (unpaired) electrons. The number of rotatable bonds is 6. The number of thioether (sulfide) groups is 1. The molecular weight excluding hydrogens is 260 g/mol. The van der Waals surface area contributed by atoms with Gasteiger partial charge in [-0.15, -0.1) is 11.8 Å². The number of aromatic nitrogens is 2. The summed E-state index contributed by atoms with van der Waals surface area (Å²) in [6.45, 7) is 6.13. The van der Waals surface area contributed by atoms with Crippen LogP contribution in [0.15, 0.2) is 11.1 Å². The Labute approximate surface area is 118 Å². The van der Waals surface area contributed by atoms with Gasteiger partial charge in [0, 0.05) is 17.4 Å². The molecule has 1 aliphatic rings. The third-order valence-electron chi connectivity index (χ3n) is 3.37. The van der Waals surface area contributed by atoms with Crippen molar-refractivity contribution in [3.05, 3.63) is 17.6 Å². The minimum atomic E-state index is -0.695. The Morgan fingerprint density at radius 3 is 2.68 bits per heavy atom. The van der Waals surface area contributed by atoms with E-state index in [1.807, 2.05) is 13.0 Å². The average molecular weight is 280 g/mol. The zero-order valence-corrected chi connectivity index (χ0v) is 12.5. The van der Waals surface area contributed by atoms with E-state index in [4.69, 9.17) is 5.11 Å². The molecular formula is C14H20N2O2S. The standard InChI is InChI=1S/C14H20N2O2S/c1-9(2)13-15-10(3)6-11(16-13)19-8-14(4-5-14)7-12(17)18/h6,9H,4-5,7-8H2,1-3H3,(H,17,18). The number of nitrogens with zero attached hydrogens (tertiary/aromatic N) is 2. The van der Waals surface area contributed by atoms with Gasteiger partial charge in [-0.3, -0.25) is 4.79 Å². The van der Waals surface area contributed by atoms with E-state index < -0.39 is 5.97 Å². The SMILES string of the molecule is Cc1cc(SCC2(CC(=O)O)CC2)nc(C(C)C)n1. The molecule has 0 bridgehead atoms. The van der Waals surface area contributed by atoms with Crippen LogP contribution in [0.5, 0.6) is 0 Å². The third kappa shape index (κ3) is 3.93. The second kappa shape index (κ2) is 5.49. The molecule has 1 heterocycles. The maximum absolute atomic E-state index is 10.8. The summed E-state index contributed by atoms with van der Waals surface area (Å²) in [6.07, 6.45) is 2.32. The molecule has 104 valence electrons. The van der Waals surface area contributed by atoms with Crippen molar-refractivity contribution in [1.29, 1.82) is 0 Å². The predicted octanol–water partition coefficient (Wildman–Crippen LogP) is 3.26. The molecule has 0 aliphatic heterocycles. The zero-order chi connectivity index (χ0) is 14.0. The van der Waals surface area contributed by atoms with Gasteiger partial charge in [-0.1, -0.05) is 13.8 Å². The van der Waals surface area contributed by atoms with Crippen LogP contribution in [0.4, 0.5) is 0 Å². The van der Waals surface area contributed by atoms with Crippen LogP contribution in [0.2, 0.25) is 0 Å². The third-order valence-corrected chi connectivity index (χ3v) is 4.64. The second-order valence-corrected chi connectivity index (χ2v) is 6.72. The van der Waals surface area contributed by atoms with Crippen LogP contribution >= 0.6 is 11.8 Å². The number of carboxylic acid groups (broad SMARTS) is 1. The summed E-state index contributed by atoms with van der Waals surface area (Å²) in [5.41, 5.74) is 0.983. The molecule has 1 aliphatic carbocycles. The number of carboxylic acids is 1. The van der Waals surface area contributed by atoms with Crippen LogP contribution < -0.4 is 0 Å². The van der Waals surface area contributed by atoms with Gasteiger partial charge in [0.25, 0.3) is 0 Å².